The second kappa shape index (κ2) is 16.9. The molecular formula is C40H48N2O7S. The van der Waals surface area contributed by atoms with Crippen LogP contribution in [0.1, 0.15) is 41.0 Å². The summed E-state index contributed by atoms with van der Waals surface area (Å²) in [5.74, 6) is 1.54. The number of benzene rings is 4. The Morgan fingerprint density at radius 2 is 1.66 bits per heavy atom. The zero-order valence-corrected chi connectivity index (χ0v) is 30.0. The number of anilines is 1. The third kappa shape index (κ3) is 8.68. The van der Waals surface area contributed by atoms with E-state index in [4.69, 9.17) is 23.7 Å². The lowest BCUT2D eigenvalue weighted by molar-refractivity contribution is -0.0354. The number of methoxy groups -OCH3 is 2. The normalized spacial score (nSPS) is 19.5. The molecule has 4 aromatic rings. The minimum atomic E-state index is -3.87. The van der Waals surface area contributed by atoms with Crippen molar-refractivity contribution in [1.82, 2.24) is 4.31 Å². The van der Waals surface area contributed by atoms with Gasteiger partial charge in [0, 0.05) is 38.8 Å². The fourth-order valence-corrected chi connectivity index (χ4v) is 8.44. The SMILES string of the molecule is COCCCN1CCOc2ccc(COC3CN(S(=O)(=O)c4ccc(C)cc4)C(COCc4ccccc4)CC3c3ccc(OC)cc3)cc21. The molecule has 3 atom stereocenters. The van der Waals surface area contributed by atoms with Crippen molar-refractivity contribution in [2.24, 2.45) is 0 Å². The van der Waals surface area contributed by atoms with Crippen molar-refractivity contribution in [3.05, 3.63) is 119 Å². The quantitative estimate of drug-likeness (QED) is 0.129. The summed E-state index contributed by atoms with van der Waals surface area (Å²) in [6.07, 6.45) is 1.03. The molecule has 0 radical (unpaired) electrons. The number of hydrogen-bond acceptors (Lipinski definition) is 8. The summed E-state index contributed by atoms with van der Waals surface area (Å²) in [5, 5.41) is 0. The van der Waals surface area contributed by atoms with Gasteiger partial charge in [0.15, 0.2) is 0 Å². The van der Waals surface area contributed by atoms with Crippen LogP contribution in [0.2, 0.25) is 0 Å². The molecule has 3 unspecified atom stereocenters. The van der Waals surface area contributed by atoms with Crippen molar-refractivity contribution in [3.8, 4) is 11.5 Å². The number of nitrogens with zero attached hydrogens (tertiary/aromatic N) is 2. The predicted octanol–water partition coefficient (Wildman–Crippen LogP) is 6.59. The van der Waals surface area contributed by atoms with Crippen LogP contribution >= 0.6 is 0 Å². The van der Waals surface area contributed by atoms with Crippen LogP contribution < -0.4 is 14.4 Å². The van der Waals surface area contributed by atoms with Gasteiger partial charge in [-0.05, 0) is 72.9 Å². The van der Waals surface area contributed by atoms with Crippen LogP contribution in [0, 0.1) is 6.92 Å². The second-order valence-corrected chi connectivity index (χ2v) is 14.9. The summed E-state index contributed by atoms with van der Waals surface area (Å²) in [7, 11) is -0.493. The van der Waals surface area contributed by atoms with E-state index in [2.05, 4.69) is 23.1 Å². The lowest BCUT2D eigenvalue weighted by atomic mass is 9.84. The van der Waals surface area contributed by atoms with Gasteiger partial charge in [-0.15, -0.1) is 0 Å². The molecule has 0 amide bonds. The molecule has 6 rings (SSSR count). The predicted molar refractivity (Wildman–Crippen MR) is 195 cm³/mol. The molecule has 0 N–H and O–H groups in total. The molecule has 1 fully saturated rings. The maximum absolute atomic E-state index is 14.4. The fourth-order valence-electron chi connectivity index (χ4n) is 6.81. The van der Waals surface area contributed by atoms with Crippen molar-refractivity contribution in [1.29, 1.82) is 0 Å². The minimum Gasteiger partial charge on any atom is -0.497 e. The first-order valence-corrected chi connectivity index (χ1v) is 18.7. The van der Waals surface area contributed by atoms with Gasteiger partial charge < -0.3 is 28.6 Å². The average molecular weight is 701 g/mol. The Balaban J connectivity index is 1.28. The Hall–Kier alpha value is -3.93. The van der Waals surface area contributed by atoms with Crippen molar-refractivity contribution in [2.75, 3.05) is 58.6 Å². The third-order valence-electron chi connectivity index (χ3n) is 9.56. The molecule has 266 valence electrons. The molecule has 0 bridgehead atoms. The zero-order valence-electron chi connectivity index (χ0n) is 29.2. The van der Waals surface area contributed by atoms with Crippen molar-refractivity contribution in [3.63, 3.8) is 0 Å². The minimum absolute atomic E-state index is 0.0813. The Morgan fingerprint density at radius 3 is 2.40 bits per heavy atom. The Kier molecular flexibility index (Phi) is 12.1. The molecule has 2 aliphatic heterocycles. The van der Waals surface area contributed by atoms with Gasteiger partial charge in [0.05, 0.1) is 50.2 Å². The molecule has 9 nitrogen and oxygen atoms in total. The van der Waals surface area contributed by atoms with Crippen LogP contribution in [-0.4, -0.2) is 78.5 Å². The van der Waals surface area contributed by atoms with E-state index < -0.39 is 22.2 Å². The van der Waals surface area contributed by atoms with Gasteiger partial charge in [0.25, 0.3) is 0 Å². The van der Waals surface area contributed by atoms with E-state index in [9.17, 15) is 8.42 Å². The van der Waals surface area contributed by atoms with Crippen LogP contribution in [-0.2, 0) is 37.4 Å². The van der Waals surface area contributed by atoms with E-state index >= 15 is 0 Å². The number of rotatable bonds is 15. The number of hydrogen-bond donors (Lipinski definition) is 0. The number of ether oxygens (including phenoxy) is 5. The number of fused-ring (bicyclic) bond motifs is 1. The van der Waals surface area contributed by atoms with Gasteiger partial charge in [-0.2, -0.15) is 4.31 Å². The molecule has 2 heterocycles. The summed E-state index contributed by atoms with van der Waals surface area (Å²) in [6, 6.07) is 30.8. The summed E-state index contributed by atoms with van der Waals surface area (Å²) in [6.45, 7) is 6.13. The Bertz CT molecular complexity index is 1770. The van der Waals surface area contributed by atoms with E-state index in [0.29, 0.717) is 32.8 Å². The molecule has 50 heavy (non-hydrogen) atoms. The van der Waals surface area contributed by atoms with E-state index in [-0.39, 0.29) is 24.0 Å². The van der Waals surface area contributed by atoms with Crippen molar-refractivity contribution < 1.29 is 32.1 Å². The van der Waals surface area contributed by atoms with Gasteiger partial charge in [-0.1, -0.05) is 66.2 Å². The van der Waals surface area contributed by atoms with E-state index in [1.54, 1.807) is 30.7 Å². The smallest absolute Gasteiger partial charge is 0.243 e. The van der Waals surface area contributed by atoms with E-state index in [0.717, 1.165) is 59.0 Å². The summed E-state index contributed by atoms with van der Waals surface area (Å²) >= 11 is 0. The molecular weight excluding hydrogens is 653 g/mol. The molecule has 0 aromatic heterocycles. The van der Waals surface area contributed by atoms with E-state index in [1.807, 2.05) is 73.7 Å². The fraction of sp³-hybridized carbons (Fsp3) is 0.400. The lowest BCUT2D eigenvalue weighted by Gasteiger charge is -2.43. The van der Waals surface area contributed by atoms with E-state index in [1.165, 1.54) is 0 Å². The molecule has 0 spiro atoms. The van der Waals surface area contributed by atoms with Crippen LogP contribution in [0.4, 0.5) is 5.69 Å². The maximum Gasteiger partial charge on any atom is 0.243 e. The van der Waals surface area contributed by atoms with Crippen LogP contribution in [0.5, 0.6) is 11.5 Å². The molecule has 0 aliphatic carbocycles. The topological polar surface area (TPSA) is 86.8 Å². The highest BCUT2D eigenvalue weighted by Gasteiger charge is 2.43. The second-order valence-electron chi connectivity index (χ2n) is 13.0. The first-order valence-electron chi connectivity index (χ1n) is 17.3. The van der Waals surface area contributed by atoms with Gasteiger partial charge in [-0.25, -0.2) is 8.42 Å². The molecule has 1 saturated heterocycles. The van der Waals surface area contributed by atoms with Gasteiger partial charge in [0.1, 0.15) is 18.1 Å². The van der Waals surface area contributed by atoms with Crippen LogP contribution in [0.3, 0.4) is 0 Å². The van der Waals surface area contributed by atoms with Crippen molar-refractivity contribution >= 4 is 15.7 Å². The third-order valence-corrected chi connectivity index (χ3v) is 11.5. The van der Waals surface area contributed by atoms with Gasteiger partial charge >= 0.3 is 0 Å². The average Bonchev–Trinajstić information content (AvgIpc) is 3.15. The molecule has 0 saturated carbocycles. The van der Waals surface area contributed by atoms with Crippen LogP contribution in [0.15, 0.2) is 102 Å². The lowest BCUT2D eigenvalue weighted by Crippen LogP contribution is -2.53. The maximum atomic E-state index is 14.4. The summed E-state index contributed by atoms with van der Waals surface area (Å²) in [5.41, 5.74) is 5.15. The molecule has 4 aromatic carbocycles. The Labute approximate surface area is 296 Å². The number of sulfonamides is 1. The first-order chi connectivity index (χ1) is 24.4. The number of aryl methyl sites for hydroxylation is 1. The summed E-state index contributed by atoms with van der Waals surface area (Å²) < 4.78 is 60.0. The highest BCUT2D eigenvalue weighted by molar-refractivity contribution is 7.89. The number of piperidine rings is 1. The highest BCUT2D eigenvalue weighted by Crippen LogP contribution is 2.39. The standard InChI is InChI=1S/C40H48N2O7S/c1-30-10-17-36(18-11-30)50(43,44)42-26-40(49-28-32-12-19-39-38(24-32)41(21-23-48-39)20-7-22-45-2)37(33-13-15-35(46-3)16-14-33)25-34(42)29-47-27-31-8-5-4-6-9-31/h4-6,8-19,24,34,37,40H,7,20-23,25-29H2,1-3H3. The summed E-state index contributed by atoms with van der Waals surface area (Å²) in [4.78, 5) is 2.60. The van der Waals surface area contributed by atoms with Crippen molar-refractivity contribution in [2.45, 2.75) is 55.9 Å². The first kappa shape index (κ1) is 35.9. The highest BCUT2D eigenvalue weighted by atomic mass is 32.2. The zero-order chi connectivity index (χ0) is 34.9. The molecule has 10 heteroatoms. The monoisotopic (exact) mass is 700 g/mol. The van der Waals surface area contributed by atoms with Gasteiger partial charge in [0.2, 0.25) is 10.0 Å². The largest absolute Gasteiger partial charge is 0.497 e. The molecule has 2 aliphatic rings. The van der Waals surface area contributed by atoms with Crippen LogP contribution in [0.25, 0.3) is 0 Å². The van der Waals surface area contributed by atoms with Gasteiger partial charge in [-0.3, -0.25) is 0 Å². The Morgan fingerprint density at radius 1 is 0.880 bits per heavy atom.